The predicted molar refractivity (Wildman–Crippen MR) is 123 cm³/mol. The van der Waals surface area contributed by atoms with Crippen molar-refractivity contribution in [1.29, 1.82) is 0 Å². The smallest absolute Gasteiger partial charge is 0.203 e. The first kappa shape index (κ1) is 21.3. The van der Waals surface area contributed by atoms with E-state index < -0.39 is 0 Å². The van der Waals surface area contributed by atoms with Crippen LogP contribution in [0.1, 0.15) is 41.8 Å². The molecule has 0 aliphatic carbocycles. The second kappa shape index (κ2) is 9.48. The molecule has 2 heterocycles. The molecule has 0 saturated heterocycles. The Bertz CT molecular complexity index is 1010. The molecule has 5 nitrogen and oxygen atoms in total. The summed E-state index contributed by atoms with van der Waals surface area (Å²) in [6.45, 7) is 5.08. The van der Waals surface area contributed by atoms with Crippen LogP contribution in [0.25, 0.3) is 0 Å². The molecule has 3 aromatic rings. The summed E-state index contributed by atoms with van der Waals surface area (Å²) < 4.78 is 19.5. The van der Waals surface area contributed by atoms with Crippen molar-refractivity contribution in [3.8, 4) is 17.2 Å². The van der Waals surface area contributed by atoms with Crippen LogP contribution in [-0.2, 0) is 19.5 Å². The molecular weight excluding hydrogens is 388 g/mol. The molecule has 31 heavy (non-hydrogen) atoms. The van der Waals surface area contributed by atoms with Crippen molar-refractivity contribution in [3.05, 3.63) is 77.1 Å². The normalized spacial score (nSPS) is 16.5. The molecule has 1 atom stereocenters. The van der Waals surface area contributed by atoms with Gasteiger partial charge < -0.3 is 18.8 Å². The molecule has 0 N–H and O–H groups in total. The van der Waals surface area contributed by atoms with Gasteiger partial charge in [-0.05, 0) is 48.2 Å². The average Bonchev–Trinajstić information content (AvgIpc) is 3.20. The maximum atomic E-state index is 5.88. The Hall–Kier alpha value is -2.92. The van der Waals surface area contributed by atoms with E-state index in [2.05, 4.69) is 65.1 Å². The molecule has 0 radical (unpaired) electrons. The van der Waals surface area contributed by atoms with Crippen LogP contribution in [0.4, 0.5) is 0 Å². The minimum absolute atomic E-state index is 0.0538. The SMILES string of the molecule is CCc1ccc(CN2CCCn3cccc3[C@H]2c2ccc(OC)c(OC)c2OC)cc1. The lowest BCUT2D eigenvalue weighted by Gasteiger charge is -2.32. The summed E-state index contributed by atoms with van der Waals surface area (Å²) in [5.41, 5.74) is 5.05. The van der Waals surface area contributed by atoms with Gasteiger partial charge in [0, 0.05) is 37.1 Å². The highest BCUT2D eigenvalue weighted by molar-refractivity contribution is 5.58. The summed E-state index contributed by atoms with van der Waals surface area (Å²) in [7, 11) is 5.01. The van der Waals surface area contributed by atoms with Gasteiger partial charge in [0.2, 0.25) is 5.75 Å². The van der Waals surface area contributed by atoms with Gasteiger partial charge in [-0.15, -0.1) is 0 Å². The quantitative estimate of drug-likeness (QED) is 0.535. The molecule has 0 spiro atoms. The van der Waals surface area contributed by atoms with E-state index in [1.165, 1.54) is 16.8 Å². The third-order valence-electron chi connectivity index (χ3n) is 6.20. The topological polar surface area (TPSA) is 35.9 Å². The van der Waals surface area contributed by atoms with Crippen LogP contribution in [0.5, 0.6) is 17.2 Å². The first-order chi connectivity index (χ1) is 15.2. The second-order valence-electron chi connectivity index (χ2n) is 7.95. The van der Waals surface area contributed by atoms with Crippen LogP contribution in [0.15, 0.2) is 54.7 Å². The maximum Gasteiger partial charge on any atom is 0.203 e. The van der Waals surface area contributed by atoms with E-state index in [0.717, 1.165) is 43.8 Å². The molecule has 0 unspecified atom stereocenters. The lowest BCUT2D eigenvalue weighted by molar-refractivity contribution is 0.214. The molecule has 0 fully saturated rings. The Balaban J connectivity index is 1.80. The molecule has 4 rings (SSSR count). The number of methoxy groups -OCH3 is 3. The number of benzene rings is 2. The number of aryl methyl sites for hydroxylation is 2. The number of ether oxygens (including phenoxy) is 3. The summed E-state index contributed by atoms with van der Waals surface area (Å²) in [5.74, 6) is 2.04. The number of hydrogen-bond donors (Lipinski definition) is 0. The van der Waals surface area contributed by atoms with E-state index >= 15 is 0 Å². The molecule has 1 aromatic heterocycles. The molecule has 0 saturated carbocycles. The molecule has 1 aliphatic heterocycles. The molecular formula is C26H32N2O3. The first-order valence-electron chi connectivity index (χ1n) is 11.0. The fourth-order valence-electron chi connectivity index (χ4n) is 4.62. The van der Waals surface area contributed by atoms with Gasteiger partial charge in [-0.3, -0.25) is 4.90 Å². The predicted octanol–water partition coefficient (Wildman–Crippen LogP) is 5.07. The van der Waals surface area contributed by atoms with Crippen molar-refractivity contribution in [1.82, 2.24) is 9.47 Å². The molecule has 0 amide bonds. The van der Waals surface area contributed by atoms with E-state index in [4.69, 9.17) is 14.2 Å². The Morgan fingerprint density at radius 1 is 0.839 bits per heavy atom. The summed E-state index contributed by atoms with van der Waals surface area (Å²) in [6.07, 6.45) is 4.33. The lowest BCUT2D eigenvalue weighted by atomic mass is 9.98. The summed E-state index contributed by atoms with van der Waals surface area (Å²) in [5, 5.41) is 0. The Morgan fingerprint density at radius 3 is 2.26 bits per heavy atom. The van der Waals surface area contributed by atoms with Crippen molar-refractivity contribution < 1.29 is 14.2 Å². The average molecular weight is 421 g/mol. The highest BCUT2D eigenvalue weighted by Gasteiger charge is 2.31. The number of fused-ring (bicyclic) bond motifs is 1. The van der Waals surface area contributed by atoms with Crippen molar-refractivity contribution >= 4 is 0 Å². The number of hydrogen-bond acceptors (Lipinski definition) is 4. The van der Waals surface area contributed by atoms with Gasteiger partial charge in [0.1, 0.15) is 0 Å². The molecule has 0 bridgehead atoms. The van der Waals surface area contributed by atoms with Crippen molar-refractivity contribution in [2.45, 2.75) is 38.9 Å². The number of rotatable bonds is 7. The van der Waals surface area contributed by atoms with Crippen molar-refractivity contribution in [2.24, 2.45) is 0 Å². The Kier molecular flexibility index (Phi) is 6.52. The molecule has 5 heteroatoms. The lowest BCUT2D eigenvalue weighted by Crippen LogP contribution is -2.30. The van der Waals surface area contributed by atoms with Gasteiger partial charge in [0.05, 0.1) is 27.4 Å². The number of aromatic nitrogens is 1. The minimum Gasteiger partial charge on any atom is -0.493 e. The number of nitrogens with zero attached hydrogens (tertiary/aromatic N) is 2. The highest BCUT2D eigenvalue weighted by atomic mass is 16.5. The van der Waals surface area contributed by atoms with Gasteiger partial charge in [0.15, 0.2) is 11.5 Å². The summed E-state index contributed by atoms with van der Waals surface area (Å²) >= 11 is 0. The zero-order valence-electron chi connectivity index (χ0n) is 18.9. The van der Waals surface area contributed by atoms with Crippen LogP contribution < -0.4 is 14.2 Å². The van der Waals surface area contributed by atoms with Gasteiger partial charge >= 0.3 is 0 Å². The van der Waals surface area contributed by atoms with E-state index in [-0.39, 0.29) is 6.04 Å². The Morgan fingerprint density at radius 2 is 1.58 bits per heavy atom. The van der Waals surface area contributed by atoms with E-state index in [9.17, 15) is 0 Å². The van der Waals surface area contributed by atoms with Gasteiger partial charge in [-0.25, -0.2) is 0 Å². The maximum absolute atomic E-state index is 5.88. The molecule has 2 aromatic carbocycles. The van der Waals surface area contributed by atoms with Crippen LogP contribution in [0, 0.1) is 0 Å². The van der Waals surface area contributed by atoms with Crippen LogP contribution in [-0.4, -0.2) is 37.3 Å². The van der Waals surface area contributed by atoms with Crippen molar-refractivity contribution in [2.75, 3.05) is 27.9 Å². The first-order valence-corrected chi connectivity index (χ1v) is 11.0. The van der Waals surface area contributed by atoms with Gasteiger partial charge in [-0.2, -0.15) is 0 Å². The van der Waals surface area contributed by atoms with Crippen LogP contribution in [0.2, 0.25) is 0 Å². The largest absolute Gasteiger partial charge is 0.493 e. The van der Waals surface area contributed by atoms with E-state index in [1.54, 1.807) is 21.3 Å². The van der Waals surface area contributed by atoms with Gasteiger partial charge in [-0.1, -0.05) is 31.2 Å². The fraction of sp³-hybridized carbons (Fsp3) is 0.385. The fourth-order valence-corrected chi connectivity index (χ4v) is 4.62. The summed E-state index contributed by atoms with van der Waals surface area (Å²) in [4.78, 5) is 2.55. The van der Waals surface area contributed by atoms with Crippen LogP contribution in [0.3, 0.4) is 0 Å². The molecule has 1 aliphatic rings. The Labute approximate surface area is 185 Å². The van der Waals surface area contributed by atoms with Gasteiger partial charge in [0.25, 0.3) is 0 Å². The van der Waals surface area contributed by atoms with E-state index in [1.807, 2.05) is 6.07 Å². The second-order valence-corrected chi connectivity index (χ2v) is 7.95. The van der Waals surface area contributed by atoms with E-state index in [0.29, 0.717) is 11.5 Å². The van der Waals surface area contributed by atoms with Crippen molar-refractivity contribution in [3.63, 3.8) is 0 Å². The molecule has 164 valence electrons. The zero-order chi connectivity index (χ0) is 21.8. The third kappa shape index (κ3) is 4.15. The highest BCUT2D eigenvalue weighted by Crippen LogP contribution is 2.46. The zero-order valence-corrected chi connectivity index (χ0v) is 18.9. The minimum atomic E-state index is 0.0538. The standard InChI is InChI=1S/C26H32N2O3/c1-5-19-9-11-20(12-10-19)18-28-17-7-16-27-15-6-8-22(27)24(28)21-13-14-23(29-2)26(31-4)25(21)30-3/h6,8-15,24H,5,7,16-18H2,1-4H3/t24-/m1/s1. The third-order valence-corrected chi connectivity index (χ3v) is 6.20. The monoisotopic (exact) mass is 420 g/mol. The van der Waals surface area contributed by atoms with Crippen LogP contribution >= 0.6 is 0 Å². The summed E-state index contributed by atoms with van der Waals surface area (Å²) in [6, 6.07) is 17.5.